The van der Waals surface area contributed by atoms with Crippen molar-refractivity contribution in [2.75, 3.05) is 0 Å². The molecule has 0 aliphatic rings. The highest BCUT2D eigenvalue weighted by molar-refractivity contribution is 6.30. The van der Waals surface area contributed by atoms with Crippen LogP contribution in [0.25, 0.3) is 11.2 Å². The fourth-order valence-electron chi connectivity index (χ4n) is 2.63. The van der Waals surface area contributed by atoms with Crippen molar-refractivity contribution in [3.63, 3.8) is 0 Å². The quantitative estimate of drug-likeness (QED) is 0.513. The predicted molar refractivity (Wildman–Crippen MR) is 93.0 cm³/mol. The monoisotopic (exact) mass is 389 g/mol. The van der Waals surface area contributed by atoms with Crippen LogP contribution in [0.5, 0.6) is 0 Å². The normalized spacial score (nSPS) is 12.6. The van der Waals surface area contributed by atoms with Crippen LogP contribution in [0.3, 0.4) is 0 Å². The summed E-state index contributed by atoms with van der Waals surface area (Å²) < 4.78 is 22.2. The van der Waals surface area contributed by atoms with Gasteiger partial charge < -0.3 is 4.52 Å². The summed E-state index contributed by atoms with van der Waals surface area (Å²) >= 11 is 5.80. The molecule has 3 heterocycles. The van der Waals surface area contributed by atoms with Gasteiger partial charge in [-0.3, -0.25) is 9.36 Å². The first-order chi connectivity index (χ1) is 13.0. The van der Waals surface area contributed by atoms with E-state index in [9.17, 15) is 9.18 Å². The molecule has 0 N–H and O–H groups in total. The van der Waals surface area contributed by atoms with E-state index in [1.807, 2.05) is 0 Å². The summed E-state index contributed by atoms with van der Waals surface area (Å²) in [5.41, 5.74) is 0.661. The lowest BCUT2D eigenvalue weighted by atomic mass is 10.1. The Morgan fingerprint density at radius 1 is 1.30 bits per heavy atom. The molecule has 0 radical (unpaired) electrons. The summed E-state index contributed by atoms with van der Waals surface area (Å²) in [4.78, 5) is 20.7. The lowest BCUT2D eigenvalue weighted by Crippen LogP contribution is -2.22. The number of rotatable bonds is 5. The second-order valence-electron chi connectivity index (χ2n) is 5.89. The average Bonchev–Trinajstić information content (AvgIpc) is 3.25. The van der Waals surface area contributed by atoms with E-state index in [4.69, 9.17) is 16.1 Å². The Morgan fingerprint density at radius 3 is 2.85 bits per heavy atom. The molecule has 9 nitrogen and oxygen atoms in total. The number of hydrogen-bond acceptors (Lipinski definition) is 7. The molecule has 0 aliphatic heterocycles. The van der Waals surface area contributed by atoms with Crippen LogP contribution in [0.4, 0.5) is 4.39 Å². The third-order valence-corrected chi connectivity index (χ3v) is 4.25. The van der Waals surface area contributed by atoms with E-state index in [2.05, 4.69) is 25.4 Å². The predicted octanol–water partition coefficient (Wildman–Crippen LogP) is 1.86. The Labute approximate surface area is 156 Å². The van der Waals surface area contributed by atoms with Gasteiger partial charge in [-0.2, -0.15) is 4.98 Å². The van der Waals surface area contributed by atoms with Gasteiger partial charge in [0, 0.05) is 18.5 Å². The number of halogens is 2. The van der Waals surface area contributed by atoms with E-state index in [1.54, 1.807) is 31.3 Å². The molecule has 1 atom stereocenters. The van der Waals surface area contributed by atoms with E-state index in [-0.39, 0.29) is 41.4 Å². The topological polar surface area (TPSA) is 105 Å². The third kappa shape index (κ3) is 3.43. The van der Waals surface area contributed by atoms with Gasteiger partial charge >= 0.3 is 0 Å². The van der Waals surface area contributed by atoms with Crippen molar-refractivity contribution >= 4 is 22.8 Å². The van der Waals surface area contributed by atoms with E-state index >= 15 is 0 Å². The van der Waals surface area contributed by atoms with Crippen molar-refractivity contribution in [1.29, 1.82) is 0 Å². The number of aromatic nitrogens is 7. The average molecular weight is 390 g/mol. The van der Waals surface area contributed by atoms with Crippen LogP contribution in [-0.2, 0) is 20.0 Å². The maximum Gasteiger partial charge on any atom is 0.281 e. The Bertz CT molecular complexity index is 1150. The zero-order valence-electron chi connectivity index (χ0n) is 14.1. The maximum absolute atomic E-state index is 14.4. The minimum atomic E-state index is -1.30. The lowest BCUT2D eigenvalue weighted by molar-refractivity contribution is 0.324. The fraction of sp³-hybridized carbons (Fsp3) is 0.250. The molecular formula is C16H13ClFN7O2. The van der Waals surface area contributed by atoms with Gasteiger partial charge in [0.2, 0.25) is 11.5 Å². The summed E-state index contributed by atoms with van der Waals surface area (Å²) in [6.45, 7) is 0.0118. The number of nitrogens with zero attached hydrogens (tertiary/aromatic N) is 7. The van der Waals surface area contributed by atoms with Crippen molar-refractivity contribution in [3.8, 4) is 0 Å². The van der Waals surface area contributed by atoms with E-state index in [0.717, 1.165) is 0 Å². The second kappa shape index (κ2) is 6.88. The molecule has 0 aliphatic carbocycles. The molecular weight excluding hydrogens is 377 g/mol. The van der Waals surface area contributed by atoms with Crippen LogP contribution >= 0.6 is 11.6 Å². The van der Waals surface area contributed by atoms with Crippen molar-refractivity contribution in [3.05, 3.63) is 63.2 Å². The molecule has 3 aromatic heterocycles. The number of fused-ring (bicyclic) bond motifs is 1. The van der Waals surface area contributed by atoms with Crippen molar-refractivity contribution in [2.45, 2.75) is 19.1 Å². The zero-order chi connectivity index (χ0) is 19.0. The SMILES string of the molecule is Cn1nnc2ncn(Cc3nc(CC(F)c4ccc(Cl)cc4)no3)c(=O)c21. The maximum atomic E-state index is 14.4. The summed E-state index contributed by atoms with van der Waals surface area (Å²) in [7, 11) is 1.60. The van der Waals surface area contributed by atoms with Gasteiger partial charge in [-0.05, 0) is 17.7 Å². The van der Waals surface area contributed by atoms with Gasteiger partial charge in [0.1, 0.15) is 19.0 Å². The van der Waals surface area contributed by atoms with Gasteiger partial charge in [-0.25, -0.2) is 14.1 Å². The number of hydrogen-bond donors (Lipinski definition) is 0. The summed E-state index contributed by atoms with van der Waals surface area (Å²) in [6, 6.07) is 6.45. The molecule has 0 saturated carbocycles. The Hall–Kier alpha value is -3.14. The van der Waals surface area contributed by atoms with Crippen LogP contribution in [0.15, 0.2) is 39.9 Å². The first-order valence-corrected chi connectivity index (χ1v) is 8.35. The summed E-state index contributed by atoms with van der Waals surface area (Å²) in [5, 5.41) is 11.9. The molecule has 1 aromatic carbocycles. The Balaban J connectivity index is 1.51. The first-order valence-electron chi connectivity index (χ1n) is 7.97. The van der Waals surface area contributed by atoms with Crippen molar-refractivity contribution in [2.24, 2.45) is 7.05 Å². The largest absolute Gasteiger partial charge is 0.337 e. The number of alkyl halides is 1. The fourth-order valence-corrected chi connectivity index (χ4v) is 2.75. The van der Waals surface area contributed by atoms with Gasteiger partial charge in [0.25, 0.3) is 5.56 Å². The molecule has 0 bridgehead atoms. The smallest absolute Gasteiger partial charge is 0.281 e. The van der Waals surface area contributed by atoms with E-state index in [1.165, 1.54) is 15.6 Å². The molecule has 0 saturated heterocycles. The minimum absolute atomic E-state index is 0.0118. The standard InChI is InChI=1S/C16H13ClFN7O2/c1-24-14-15(21-23-24)19-8-25(16(14)26)7-13-20-12(22-27-13)6-11(18)9-2-4-10(17)5-3-9/h2-5,8,11H,6-7H2,1H3. The summed E-state index contributed by atoms with van der Waals surface area (Å²) in [6.07, 6.45) is -0.0216. The van der Waals surface area contributed by atoms with Gasteiger partial charge in [-0.15, -0.1) is 5.10 Å². The second-order valence-corrected chi connectivity index (χ2v) is 6.33. The lowest BCUT2D eigenvalue weighted by Gasteiger charge is -2.05. The molecule has 27 heavy (non-hydrogen) atoms. The van der Waals surface area contributed by atoms with Crippen molar-refractivity contribution < 1.29 is 8.91 Å². The number of benzene rings is 1. The molecule has 1 unspecified atom stereocenters. The zero-order valence-corrected chi connectivity index (χ0v) is 14.8. The minimum Gasteiger partial charge on any atom is -0.337 e. The molecule has 0 spiro atoms. The van der Waals surface area contributed by atoms with E-state index in [0.29, 0.717) is 10.6 Å². The Kier molecular flexibility index (Phi) is 4.40. The van der Waals surface area contributed by atoms with Crippen LogP contribution < -0.4 is 5.56 Å². The highest BCUT2D eigenvalue weighted by atomic mass is 35.5. The van der Waals surface area contributed by atoms with Crippen LogP contribution in [-0.4, -0.2) is 34.7 Å². The van der Waals surface area contributed by atoms with E-state index < -0.39 is 6.17 Å². The van der Waals surface area contributed by atoms with Gasteiger partial charge in [0.15, 0.2) is 11.3 Å². The highest BCUT2D eigenvalue weighted by Crippen LogP contribution is 2.22. The number of aryl methyl sites for hydroxylation is 1. The molecule has 0 amide bonds. The first kappa shape index (κ1) is 17.3. The van der Waals surface area contributed by atoms with Gasteiger partial charge in [0.05, 0.1) is 0 Å². The molecule has 4 rings (SSSR count). The highest BCUT2D eigenvalue weighted by Gasteiger charge is 2.17. The third-order valence-electron chi connectivity index (χ3n) is 4.00. The van der Waals surface area contributed by atoms with Crippen LogP contribution in [0.2, 0.25) is 5.02 Å². The summed E-state index contributed by atoms with van der Waals surface area (Å²) in [5.74, 6) is 0.378. The van der Waals surface area contributed by atoms with Crippen LogP contribution in [0, 0.1) is 0 Å². The van der Waals surface area contributed by atoms with Gasteiger partial charge in [-0.1, -0.05) is 34.1 Å². The van der Waals surface area contributed by atoms with Crippen molar-refractivity contribution in [1.82, 2.24) is 34.7 Å². The Morgan fingerprint density at radius 2 is 2.07 bits per heavy atom. The molecule has 11 heteroatoms. The molecule has 4 aromatic rings. The molecule has 0 fully saturated rings. The molecule has 138 valence electrons. The van der Waals surface area contributed by atoms with Crippen LogP contribution in [0.1, 0.15) is 23.5 Å².